The summed E-state index contributed by atoms with van der Waals surface area (Å²) in [5.41, 5.74) is 1.33. The van der Waals surface area contributed by atoms with Crippen molar-refractivity contribution in [1.82, 2.24) is 4.98 Å². The molecule has 0 N–H and O–H groups in total. The fourth-order valence-corrected chi connectivity index (χ4v) is 2.49. The van der Waals surface area contributed by atoms with Gasteiger partial charge in [0.1, 0.15) is 11.6 Å². The van der Waals surface area contributed by atoms with Crippen molar-refractivity contribution in [2.45, 2.75) is 51.9 Å². The first-order valence-electron chi connectivity index (χ1n) is 7.51. The summed E-state index contributed by atoms with van der Waals surface area (Å²) < 4.78 is 0. The van der Waals surface area contributed by atoms with E-state index in [-0.39, 0.29) is 0 Å². The van der Waals surface area contributed by atoms with Gasteiger partial charge in [-0.15, -0.1) is 0 Å². The Morgan fingerprint density at radius 2 is 1.95 bits per heavy atom. The van der Waals surface area contributed by atoms with E-state index >= 15 is 0 Å². The minimum Gasteiger partial charge on any atom is -0.356 e. The molecular weight excluding hydrogens is 236 g/mol. The largest absolute Gasteiger partial charge is 0.356 e. The number of unbranched alkanes of at least 4 members (excludes halogenated alkanes) is 3. The lowest BCUT2D eigenvalue weighted by molar-refractivity contribution is -0.119. The number of rotatable bonds is 6. The molecule has 104 valence electrons. The van der Waals surface area contributed by atoms with Crippen LogP contribution in [-0.4, -0.2) is 23.9 Å². The van der Waals surface area contributed by atoms with E-state index in [2.05, 4.69) is 28.9 Å². The normalized spacial score (nSPS) is 15.8. The molecule has 0 spiro atoms. The van der Waals surface area contributed by atoms with Crippen molar-refractivity contribution in [3.8, 4) is 0 Å². The highest BCUT2D eigenvalue weighted by Gasteiger charge is 2.16. The molecule has 19 heavy (non-hydrogen) atoms. The molecule has 0 aromatic carbocycles. The van der Waals surface area contributed by atoms with Crippen molar-refractivity contribution in [3.63, 3.8) is 0 Å². The summed E-state index contributed by atoms with van der Waals surface area (Å²) in [5, 5.41) is 0. The van der Waals surface area contributed by atoms with Crippen LogP contribution in [0.3, 0.4) is 0 Å². The summed E-state index contributed by atoms with van der Waals surface area (Å²) in [7, 11) is 0. The molecule has 1 aromatic heterocycles. The monoisotopic (exact) mass is 260 g/mol. The molecule has 3 heteroatoms. The number of aryl methyl sites for hydroxylation is 1. The first kappa shape index (κ1) is 14.0. The second-order valence-corrected chi connectivity index (χ2v) is 5.36. The molecular formula is C16H24N2O. The van der Waals surface area contributed by atoms with E-state index in [9.17, 15) is 4.79 Å². The average molecular weight is 260 g/mol. The Balaban J connectivity index is 1.82. The summed E-state index contributed by atoms with van der Waals surface area (Å²) in [6, 6.07) is 4.29. The Kier molecular flexibility index (Phi) is 5.37. The van der Waals surface area contributed by atoms with Crippen LogP contribution in [0.4, 0.5) is 5.82 Å². The zero-order valence-electron chi connectivity index (χ0n) is 11.9. The lowest BCUT2D eigenvalue weighted by Gasteiger charge is -2.27. The summed E-state index contributed by atoms with van der Waals surface area (Å²) >= 11 is 0. The minimum atomic E-state index is 0.379. The highest BCUT2D eigenvalue weighted by atomic mass is 16.1. The van der Waals surface area contributed by atoms with Crippen LogP contribution >= 0.6 is 0 Å². The van der Waals surface area contributed by atoms with Crippen molar-refractivity contribution in [1.29, 1.82) is 0 Å². The van der Waals surface area contributed by atoms with Crippen LogP contribution < -0.4 is 4.90 Å². The van der Waals surface area contributed by atoms with E-state index in [0.717, 1.165) is 25.3 Å². The molecule has 1 aliphatic rings. The van der Waals surface area contributed by atoms with Gasteiger partial charge in [-0.3, -0.25) is 4.79 Å². The second-order valence-electron chi connectivity index (χ2n) is 5.36. The third kappa shape index (κ3) is 4.34. The Hall–Kier alpha value is -1.38. The van der Waals surface area contributed by atoms with E-state index in [4.69, 9.17) is 0 Å². The molecule has 2 heterocycles. The minimum absolute atomic E-state index is 0.379. The predicted molar refractivity (Wildman–Crippen MR) is 78.5 cm³/mol. The smallest absolute Gasteiger partial charge is 0.136 e. The molecule has 0 saturated carbocycles. The van der Waals surface area contributed by atoms with E-state index < -0.39 is 0 Å². The molecule has 1 fully saturated rings. The van der Waals surface area contributed by atoms with Gasteiger partial charge in [-0.25, -0.2) is 4.98 Å². The first-order chi connectivity index (χ1) is 9.29. The lowest BCUT2D eigenvalue weighted by atomic mass is 10.1. The Bertz CT molecular complexity index is 390. The van der Waals surface area contributed by atoms with Crippen LogP contribution in [0.5, 0.6) is 0 Å². The van der Waals surface area contributed by atoms with E-state index in [1.165, 1.54) is 31.2 Å². The van der Waals surface area contributed by atoms with Crippen molar-refractivity contribution >= 4 is 11.6 Å². The fourth-order valence-electron chi connectivity index (χ4n) is 2.49. The second kappa shape index (κ2) is 7.27. The average Bonchev–Trinajstić information content (AvgIpc) is 2.45. The number of Topliss-reactive ketones (excluding diaryl/α,β-unsaturated/α-hetero) is 1. The zero-order valence-corrected chi connectivity index (χ0v) is 11.9. The third-order valence-corrected chi connectivity index (χ3v) is 3.77. The van der Waals surface area contributed by atoms with Gasteiger partial charge < -0.3 is 4.90 Å². The topological polar surface area (TPSA) is 33.2 Å². The van der Waals surface area contributed by atoms with Gasteiger partial charge >= 0.3 is 0 Å². The number of piperidine rings is 1. The van der Waals surface area contributed by atoms with Crippen LogP contribution in [0.1, 0.15) is 51.0 Å². The SMILES string of the molecule is CCCCCCc1ccc(N2CCC(=O)CC2)nc1. The number of anilines is 1. The quantitative estimate of drug-likeness (QED) is 0.735. The summed E-state index contributed by atoms with van der Waals surface area (Å²) in [6.45, 7) is 3.88. The van der Waals surface area contributed by atoms with Crippen molar-refractivity contribution in [2.75, 3.05) is 18.0 Å². The zero-order chi connectivity index (χ0) is 13.5. The number of carbonyl (C=O) groups excluding carboxylic acids is 1. The van der Waals surface area contributed by atoms with Gasteiger partial charge in [0.15, 0.2) is 0 Å². The van der Waals surface area contributed by atoms with Gasteiger partial charge in [0.05, 0.1) is 0 Å². The number of pyridine rings is 1. The molecule has 0 amide bonds. The highest BCUT2D eigenvalue weighted by molar-refractivity contribution is 5.80. The number of hydrogen-bond donors (Lipinski definition) is 0. The third-order valence-electron chi connectivity index (χ3n) is 3.77. The molecule has 0 bridgehead atoms. The first-order valence-corrected chi connectivity index (χ1v) is 7.51. The standard InChI is InChI=1S/C16H24N2O/c1-2-3-4-5-6-14-7-8-16(17-13-14)18-11-9-15(19)10-12-18/h7-8,13H,2-6,9-12H2,1H3. The molecule has 1 aromatic rings. The number of carbonyl (C=O) groups is 1. The van der Waals surface area contributed by atoms with Gasteiger partial charge in [0.25, 0.3) is 0 Å². The summed E-state index contributed by atoms with van der Waals surface area (Å²) in [5.74, 6) is 1.40. The molecule has 1 saturated heterocycles. The summed E-state index contributed by atoms with van der Waals surface area (Å²) in [4.78, 5) is 18.0. The van der Waals surface area contributed by atoms with Crippen LogP contribution in [0, 0.1) is 0 Å². The lowest BCUT2D eigenvalue weighted by Crippen LogP contribution is -2.34. The number of hydrogen-bond acceptors (Lipinski definition) is 3. The molecule has 1 aliphatic heterocycles. The van der Waals surface area contributed by atoms with Gasteiger partial charge in [0, 0.05) is 32.1 Å². The van der Waals surface area contributed by atoms with Crippen molar-refractivity contribution in [2.24, 2.45) is 0 Å². The molecule has 0 radical (unpaired) electrons. The molecule has 0 unspecified atom stereocenters. The fraction of sp³-hybridized carbons (Fsp3) is 0.625. The maximum absolute atomic E-state index is 11.2. The van der Waals surface area contributed by atoms with Crippen LogP contribution in [0.15, 0.2) is 18.3 Å². The van der Waals surface area contributed by atoms with Crippen LogP contribution in [0.2, 0.25) is 0 Å². The van der Waals surface area contributed by atoms with Gasteiger partial charge in [-0.05, 0) is 24.5 Å². The number of ketones is 1. The number of aromatic nitrogens is 1. The van der Waals surface area contributed by atoms with Gasteiger partial charge in [-0.2, -0.15) is 0 Å². The molecule has 0 aliphatic carbocycles. The Labute approximate surface area is 116 Å². The highest BCUT2D eigenvalue weighted by Crippen LogP contribution is 2.17. The maximum Gasteiger partial charge on any atom is 0.136 e. The van der Waals surface area contributed by atoms with Crippen molar-refractivity contribution < 1.29 is 4.79 Å². The Morgan fingerprint density at radius 1 is 1.16 bits per heavy atom. The molecule has 0 atom stereocenters. The van der Waals surface area contributed by atoms with E-state index in [0.29, 0.717) is 18.6 Å². The van der Waals surface area contributed by atoms with Gasteiger partial charge in [0.2, 0.25) is 0 Å². The van der Waals surface area contributed by atoms with Gasteiger partial charge in [-0.1, -0.05) is 32.3 Å². The number of nitrogens with zero attached hydrogens (tertiary/aromatic N) is 2. The predicted octanol–water partition coefficient (Wildman–Crippen LogP) is 3.37. The molecule has 3 nitrogen and oxygen atoms in total. The Morgan fingerprint density at radius 3 is 2.58 bits per heavy atom. The van der Waals surface area contributed by atoms with Crippen molar-refractivity contribution in [3.05, 3.63) is 23.9 Å². The van der Waals surface area contributed by atoms with Crippen LogP contribution in [0.25, 0.3) is 0 Å². The molecule has 2 rings (SSSR count). The van der Waals surface area contributed by atoms with Crippen LogP contribution in [-0.2, 0) is 11.2 Å². The van der Waals surface area contributed by atoms with E-state index in [1.54, 1.807) is 0 Å². The summed E-state index contributed by atoms with van der Waals surface area (Å²) in [6.07, 6.45) is 9.64. The maximum atomic E-state index is 11.2. The van der Waals surface area contributed by atoms with E-state index in [1.807, 2.05) is 6.20 Å².